The number of aromatic nitrogens is 1. The third-order valence-corrected chi connectivity index (χ3v) is 5.76. The van der Waals surface area contributed by atoms with Crippen LogP contribution >= 0.6 is 27.5 Å². The summed E-state index contributed by atoms with van der Waals surface area (Å²) < 4.78 is 12.1. The van der Waals surface area contributed by atoms with E-state index >= 15 is 0 Å². The van der Waals surface area contributed by atoms with Crippen molar-refractivity contribution >= 4 is 56.3 Å². The second-order valence-corrected chi connectivity index (χ2v) is 8.40. The van der Waals surface area contributed by atoms with Gasteiger partial charge in [0.15, 0.2) is 5.58 Å². The van der Waals surface area contributed by atoms with Crippen LogP contribution in [0.1, 0.15) is 18.1 Å². The normalized spacial score (nSPS) is 11.2. The number of amides is 1. The number of nitrogens with one attached hydrogen (secondary N) is 1. The van der Waals surface area contributed by atoms with Crippen LogP contribution in [0.15, 0.2) is 69.6 Å². The minimum absolute atomic E-state index is 0.323. The molecule has 0 fully saturated rings. The molecule has 0 radical (unpaired) electrons. The molecule has 0 aliphatic rings. The summed E-state index contributed by atoms with van der Waals surface area (Å²) in [5.74, 6) is 0.811. The molecule has 4 aromatic rings. The SMILES string of the molecule is CCc1ccc2oc(-c3ccc(Cl)c(NC(=O)/C=C/c4cc(Br)ccc4OC)c3)nc2c1. The summed E-state index contributed by atoms with van der Waals surface area (Å²) in [6.45, 7) is 2.09. The molecule has 1 aromatic heterocycles. The van der Waals surface area contributed by atoms with Gasteiger partial charge in [0, 0.05) is 21.7 Å². The summed E-state index contributed by atoms with van der Waals surface area (Å²) in [6.07, 6.45) is 4.04. The maximum atomic E-state index is 12.5. The zero-order valence-electron chi connectivity index (χ0n) is 17.5. The maximum Gasteiger partial charge on any atom is 0.248 e. The molecule has 1 N–H and O–H groups in total. The average Bonchev–Trinajstić information content (AvgIpc) is 3.22. The highest BCUT2D eigenvalue weighted by Crippen LogP contribution is 2.31. The van der Waals surface area contributed by atoms with Gasteiger partial charge in [-0.1, -0.05) is 40.5 Å². The molecule has 3 aromatic carbocycles. The Labute approximate surface area is 199 Å². The monoisotopic (exact) mass is 510 g/mol. The number of hydrogen-bond acceptors (Lipinski definition) is 4. The number of ether oxygens (including phenoxy) is 1. The van der Waals surface area contributed by atoms with Crippen LogP contribution in [0, 0.1) is 0 Å². The number of rotatable bonds is 6. The first-order valence-electron chi connectivity index (χ1n) is 9.99. The summed E-state index contributed by atoms with van der Waals surface area (Å²) >= 11 is 9.74. The fourth-order valence-electron chi connectivity index (χ4n) is 3.25. The minimum atomic E-state index is -0.323. The lowest BCUT2D eigenvalue weighted by Crippen LogP contribution is -2.08. The van der Waals surface area contributed by atoms with Crippen molar-refractivity contribution in [3.8, 4) is 17.2 Å². The van der Waals surface area contributed by atoms with Gasteiger partial charge in [0.05, 0.1) is 17.8 Å². The van der Waals surface area contributed by atoms with Crippen LogP contribution in [-0.4, -0.2) is 18.0 Å². The van der Waals surface area contributed by atoms with Gasteiger partial charge >= 0.3 is 0 Å². The highest BCUT2D eigenvalue weighted by atomic mass is 79.9. The van der Waals surface area contributed by atoms with E-state index in [9.17, 15) is 4.79 Å². The molecule has 0 unspecified atom stereocenters. The second kappa shape index (κ2) is 9.59. The number of aryl methyl sites for hydroxylation is 1. The average molecular weight is 512 g/mol. The van der Waals surface area contributed by atoms with Crippen molar-refractivity contribution in [2.75, 3.05) is 12.4 Å². The number of carbonyl (C=O) groups is 1. The van der Waals surface area contributed by atoms with Crippen LogP contribution in [-0.2, 0) is 11.2 Å². The van der Waals surface area contributed by atoms with E-state index < -0.39 is 0 Å². The van der Waals surface area contributed by atoms with Crippen molar-refractivity contribution in [1.29, 1.82) is 0 Å². The topological polar surface area (TPSA) is 64.4 Å². The fourth-order valence-corrected chi connectivity index (χ4v) is 3.79. The Morgan fingerprint density at radius 1 is 1.19 bits per heavy atom. The van der Waals surface area contributed by atoms with Gasteiger partial charge in [0.2, 0.25) is 11.8 Å². The largest absolute Gasteiger partial charge is 0.496 e. The first-order chi connectivity index (χ1) is 15.5. The standard InChI is InChI=1S/C25H20BrClN2O3/c1-3-15-4-9-23-21(12-15)29-25(32-23)17-5-8-19(27)20(14-17)28-24(30)11-6-16-13-18(26)7-10-22(16)31-2/h4-14H,3H2,1-2H3,(H,28,30)/b11-6+. The fraction of sp³-hybridized carbons (Fsp3) is 0.120. The van der Waals surface area contributed by atoms with Crippen molar-refractivity contribution in [2.24, 2.45) is 0 Å². The lowest BCUT2D eigenvalue weighted by Gasteiger charge is -2.07. The van der Waals surface area contributed by atoms with Gasteiger partial charge in [-0.2, -0.15) is 0 Å². The maximum absolute atomic E-state index is 12.5. The molecule has 32 heavy (non-hydrogen) atoms. The number of anilines is 1. The van der Waals surface area contributed by atoms with Gasteiger partial charge in [-0.3, -0.25) is 4.79 Å². The van der Waals surface area contributed by atoms with E-state index in [2.05, 4.69) is 33.2 Å². The molecular weight excluding hydrogens is 492 g/mol. The van der Waals surface area contributed by atoms with Gasteiger partial charge in [-0.05, 0) is 66.6 Å². The Hall–Kier alpha value is -3.09. The number of methoxy groups -OCH3 is 1. The molecule has 5 nitrogen and oxygen atoms in total. The molecule has 0 spiro atoms. The molecular formula is C25H20BrClN2O3. The number of hydrogen-bond donors (Lipinski definition) is 1. The highest BCUT2D eigenvalue weighted by Gasteiger charge is 2.12. The van der Waals surface area contributed by atoms with Gasteiger partial charge in [-0.15, -0.1) is 0 Å². The zero-order chi connectivity index (χ0) is 22.7. The van der Waals surface area contributed by atoms with Crippen LogP contribution in [0.25, 0.3) is 28.6 Å². The molecule has 0 saturated heterocycles. The third-order valence-electron chi connectivity index (χ3n) is 4.94. The summed E-state index contributed by atoms with van der Waals surface area (Å²) in [5, 5.41) is 3.23. The smallest absolute Gasteiger partial charge is 0.248 e. The predicted molar refractivity (Wildman–Crippen MR) is 132 cm³/mol. The Morgan fingerprint density at radius 3 is 2.81 bits per heavy atom. The number of benzene rings is 3. The predicted octanol–water partition coefficient (Wildman–Crippen LogP) is 7.13. The number of halogens is 2. The lowest BCUT2D eigenvalue weighted by atomic mass is 10.1. The van der Waals surface area contributed by atoms with Crippen LogP contribution in [0.4, 0.5) is 5.69 Å². The molecule has 4 rings (SSSR count). The quantitative estimate of drug-likeness (QED) is 0.280. The van der Waals surface area contributed by atoms with E-state index in [4.69, 9.17) is 20.8 Å². The molecule has 1 amide bonds. The summed E-state index contributed by atoms with van der Waals surface area (Å²) in [4.78, 5) is 17.1. The number of fused-ring (bicyclic) bond motifs is 1. The Balaban J connectivity index is 1.57. The van der Waals surface area contributed by atoms with Gasteiger partial charge in [0.25, 0.3) is 0 Å². The van der Waals surface area contributed by atoms with E-state index in [1.807, 2.05) is 42.5 Å². The first-order valence-corrected chi connectivity index (χ1v) is 11.2. The van der Waals surface area contributed by atoms with E-state index in [1.165, 1.54) is 11.6 Å². The first kappa shape index (κ1) is 22.1. The van der Waals surface area contributed by atoms with E-state index in [0.29, 0.717) is 27.9 Å². The van der Waals surface area contributed by atoms with Gasteiger partial charge in [-0.25, -0.2) is 4.98 Å². The van der Waals surface area contributed by atoms with Crippen molar-refractivity contribution in [1.82, 2.24) is 4.98 Å². The highest BCUT2D eigenvalue weighted by molar-refractivity contribution is 9.10. The molecule has 0 aliphatic heterocycles. The Morgan fingerprint density at radius 2 is 2.03 bits per heavy atom. The van der Waals surface area contributed by atoms with Gasteiger partial charge in [0.1, 0.15) is 11.3 Å². The van der Waals surface area contributed by atoms with E-state index in [0.717, 1.165) is 27.5 Å². The zero-order valence-corrected chi connectivity index (χ0v) is 19.8. The summed E-state index contributed by atoms with van der Waals surface area (Å²) in [6, 6.07) is 16.8. The summed E-state index contributed by atoms with van der Waals surface area (Å²) in [7, 11) is 1.58. The summed E-state index contributed by atoms with van der Waals surface area (Å²) in [5.41, 5.74) is 4.66. The second-order valence-electron chi connectivity index (χ2n) is 7.08. The number of nitrogens with zero attached hydrogens (tertiary/aromatic N) is 1. The van der Waals surface area contributed by atoms with Crippen LogP contribution in [0.2, 0.25) is 5.02 Å². The molecule has 7 heteroatoms. The number of carbonyl (C=O) groups excluding carboxylic acids is 1. The Kier molecular flexibility index (Phi) is 6.63. The van der Waals surface area contributed by atoms with Crippen LogP contribution in [0.5, 0.6) is 5.75 Å². The van der Waals surface area contributed by atoms with Crippen molar-refractivity contribution < 1.29 is 13.9 Å². The van der Waals surface area contributed by atoms with E-state index in [1.54, 1.807) is 25.3 Å². The van der Waals surface area contributed by atoms with Crippen molar-refractivity contribution in [3.63, 3.8) is 0 Å². The third kappa shape index (κ3) is 4.87. The molecule has 0 bridgehead atoms. The molecule has 0 atom stereocenters. The van der Waals surface area contributed by atoms with Crippen molar-refractivity contribution in [3.05, 3.63) is 81.3 Å². The van der Waals surface area contributed by atoms with Gasteiger partial charge < -0.3 is 14.5 Å². The molecule has 162 valence electrons. The van der Waals surface area contributed by atoms with Crippen LogP contribution < -0.4 is 10.1 Å². The lowest BCUT2D eigenvalue weighted by molar-refractivity contribution is -0.111. The molecule has 1 heterocycles. The molecule has 0 saturated carbocycles. The Bertz CT molecular complexity index is 1330. The minimum Gasteiger partial charge on any atom is -0.496 e. The van der Waals surface area contributed by atoms with Crippen molar-refractivity contribution in [2.45, 2.75) is 13.3 Å². The number of oxazole rings is 1. The van der Waals surface area contributed by atoms with Crippen LogP contribution in [0.3, 0.4) is 0 Å². The van der Waals surface area contributed by atoms with E-state index in [-0.39, 0.29) is 5.91 Å². The molecule has 0 aliphatic carbocycles.